The maximum Gasteiger partial charge on any atom is 0.303 e. The first-order chi connectivity index (χ1) is 19.0. The highest BCUT2D eigenvalue weighted by atomic mass is 16.6. The Balaban J connectivity index is 1.66. The van der Waals surface area contributed by atoms with Gasteiger partial charge in [0, 0.05) is 45.0 Å². The summed E-state index contributed by atoms with van der Waals surface area (Å²) in [4.78, 5) is 40.1. The average Bonchev–Trinajstić information content (AvgIpc) is 3.22. The molecule has 0 saturated heterocycles. The number of hydrogen-bond acceptors (Lipinski definition) is 8. The molecule has 0 spiro atoms. The first-order valence-corrected chi connectivity index (χ1v) is 14.3. The van der Waals surface area contributed by atoms with Crippen molar-refractivity contribution in [1.82, 2.24) is 0 Å². The minimum Gasteiger partial charge on any atom is -0.458 e. The van der Waals surface area contributed by atoms with Crippen LogP contribution in [0.25, 0.3) is 0 Å². The van der Waals surface area contributed by atoms with Gasteiger partial charge in [-0.2, -0.15) is 0 Å². The maximum absolute atomic E-state index is 13.9. The van der Waals surface area contributed by atoms with Crippen molar-refractivity contribution in [2.45, 2.75) is 77.2 Å². The Morgan fingerprint density at radius 2 is 1.77 bits per heavy atom. The molecule has 0 bridgehead atoms. The number of carbonyl (C=O) groups is 3. The number of allylic oxidation sites excluding steroid dienone is 4. The topological polar surface area (TPSA) is 106 Å². The van der Waals surface area contributed by atoms with E-state index < -0.39 is 29.6 Å². The van der Waals surface area contributed by atoms with E-state index in [1.54, 1.807) is 0 Å². The zero-order chi connectivity index (χ0) is 28.8. The van der Waals surface area contributed by atoms with Crippen molar-refractivity contribution >= 4 is 29.1 Å². The summed E-state index contributed by atoms with van der Waals surface area (Å²) in [7, 11) is 4.03. The fraction of sp³-hybridized carbons (Fsp3) is 0.562. The molecule has 8 heteroatoms. The highest BCUT2D eigenvalue weighted by Gasteiger charge is 2.68. The van der Waals surface area contributed by atoms with Gasteiger partial charge in [0.2, 0.25) is 5.78 Å². The van der Waals surface area contributed by atoms with Gasteiger partial charge >= 0.3 is 11.9 Å². The van der Waals surface area contributed by atoms with Crippen LogP contribution in [0.2, 0.25) is 0 Å². The van der Waals surface area contributed by atoms with E-state index in [1.165, 1.54) is 36.1 Å². The second kappa shape index (κ2) is 10.5. The lowest BCUT2D eigenvalue weighted by Crippen LogP contribution is -2.58. The molecule has 1 aromatic rings. The second-order valence-electron chi connectivity index (χ2n) is 12.3. The Morgan fingerprint density at radius 1 is 1.05 bits per heavy atom. The van der Waals surface area contributed by atoms with Gasteiger partial charge in [-0.05, 0) is 91.7 Å². The number of carbonyl (C=O) groups excluding carboxylic acids is 3. The lowest BCUT2D eigenvalue weighted by molar-refractivity contribution is -0.186. The summed E-state index contributed by atoms with van der Waals surface area (Å²) in [6, 6.07) is 8.61. The van der Waals surface area contributed by atoms with Crippen molar-refractivity contribution in [3.63, 3.8) is 0 Å². The van der Waals surface area contributed by atoms with Gasteiger partial charge in [-0.3, -0.25) is 14.4 Å². The summed E-state index contributed by atoms with van der Waals surface area (Å²) in [6.07, 6.45) is 7.18. The predicted molar refractivity (Wildman–Crippen MR) is 151 cm³/mol. The summed E-state index contributed by atoms with van der Waals surface area (Å²) >= 11 is 0. The monoisotopic (exact) mass is 548 g/mol. The number of ether oxygens (including phenoxy) is 2. The van der Waals surface area contributed by atoms with E-state index in [0.717, 1.165) is 37.1 Å². The van der Waals surface area contributed by atoms with E-state index in [9.17, 15) is 19.6 Å². The van der Waals surface area contributed by atoms with Crippen LogP contribution < -0.4 is 4.90 Å². The molecule has 0 radical (unpaired) electrons. The number of ketones is 1. The largest absolute Gasteiger partial charge is 0.458 e. The number of esters is 2. The quantitative estimate of drug-likeness (QED) is 0.290. The van der Waals surface area contributed by atoms with Crippen molar-refractivity contribution in [2.24, 2.45) is 22.4 Å². The zero-order valence-corrected chi connectivity index (χ0v) is 24.2. The highest BCUT2D eigenvalue weighted by Crippen LogP contribution is 2.67. The van der Waals surface area contributed by atoms with Gasteiger partial charge in [-0.25, -0.2) is 0 Å². The van der Waals surface area contributed by atoms with Crippen molar-refractivity contribution in [2.75, 3.05) is 25.6 Å². The molecule has 1 aromatic carbocycles. The number of Topliss-reactive ketones (excluding diaryl/α,β-unsaturated/α-hetero) is 1. The first kappa shape index (κ1) is 28.1. The highest BCUT2D eigenvalue weighted by molar-refractivity contribution is 5.97. The molecule has 4 aliphatic carbocycles. The van der Waals surface area contributed by atoms with E-state index in [2.05, 4.69) is 41.2 Å². The van der Waals surface area contributed by atoms with Crippen molar-refractivity contribution < 1.29 is 29.1 Å². The number of hydrogen-bond donors (Lipinski definition) is 1. The van der Waals surface area contributed by atoms with Crippen LogP contribution in [0.4, 0.5) is 5.69 Å². The molecule has 5 atom stereocenters. The van der Waals surface area contributed by atoms with Crippen LogP contribution >= 0.6 is 0 Å². The third kappa shape index (κ3) is 4.55. The number of anilines is 1. The van der Waals surface area contributed by atoms with Crippen molar-refractivity contribution in [3.8, 4) is 0 Å². The molecule has 0 heterocycles. The maximum atomic E-state index is 13.9. The van der Waals surface area contributed by atoms with Crippen LogP contribution in [-0.2, 0) is 23.9 Å². The Hall–Kier alpha value is -3.42. The van der Waals surface area contributed by atoms with Crippen LogP contribution in [0.3, 0.4) is 0 Å². The molecule has 40 heavy (non-hydrogen) atoms. The van der Waals surface area contributed by atoms with E-state index in [-0.39, 0.29) is 23.5 Å². The lowest BCUT2D eigenvalue weighted by atomic mass is 9.50. The molecular weight excluding hydrogens is 508 g/mol. The third-order valence-electron chi connectivity index (χ3n) is 9.99. The van der Waals surface area contributed by atoms with Crippen LogP contribution in [0, 0.1) is 17.3 Å². The fourth-order valence-corrected chi connectivity index (χ4v) is 8.25. The lowest BCUT2D eigenvalue weighted by Gasteiger charge is -2.55. The number of fused-ring (bicyclic) bond motifs is 4. The zero-order valence-electron chi connectivity index (χ0n) is 24.2. The number of nitrogens with zero attached hydrogens (tertiary/aromatic N) is 2. The third-order valence-corrected chi connectivity index (χ3v) is 9.99. The summed E-state index contributed by atoms with van der Waals surface area (Å²) in [5.41, 5.74) is 5.06. The van der Waals surface area contributed by atoms with Crippen LogP contribution in [0.5, 0.6) is 0 Å². The van der Waals surface area contributed by atoms with E-state index in [4.69, 9.17) is 9.47 Å². The molecule has 214 valence electrons. The van der Waals surface area contributed by atoms with Crippen LogP contribution in [0.1, 0.15) is 77.2 Å². The molecule has 2 saturated carbocycles. The summed E-state index contributed by atoms with van der Waals surface area (Å²) in [6.45, 7) is 4.35. The number of benzene rings is 1. The Bertz CT molecular complexity index is 1310. The summed E-state index contributed by atoms with van der Waals surface area (Å²) in [5, 5.41) is 12.9. The molecule has 0 aliphatic heterocycles. The van der Waals surface area contributed by atoms with Gasteiger partial charge in [0.15, 0.2) is 12.2 Å². The minimum absolute atomic E-state index is 0.0309. The number of rotatable bonds is 6. The summed E-state index contributed by atoms with van der Waals surface area (Å²) < 4.78 is 11.2. The van der Waals surface area contributed by atoms with Gasteiger partial charge in [-0.15, -0.1) is 0 Å². The molecule has 4 aliphatic rings. The summed E-state index contributed by atoms with van der Waals surface area (Å²) in [5.74, 6) is -0.957. The Kier molecular flexibility index (Phi) is 7.40. The van der Waals surface area contributed by atoms with Gasteiger partial charge in [-0.1, -0.05) is 29.8 Å². The molecule has 5 rings (SSSR count). The average molecular weight is 549 g/mol. The molecular formula is C32H40N2O6. The van der Waals surface area contributed by atoms with E-state index in [1.807, 2.05) is 20.2 Å². The number of oxime groups is 1. The van der Waals surface area contributed by atoms with Gasteiger partial charge in [0.05, 0.1) is 5.71 Å². The molecule has 1 N–H and O–H groups in total. The molecule has 8 nitrogen and oxygen atoms in total. The molecule has 3 unspecified atom stereocenters. The van der Waals surface area contributed by atoms with Crippen LogP contribution in [-0.4, -0.2) is 54.9 Å². The fourth-order valence-electron chi connectivity index (χ4n) is 8.25. The minimum atomic E-state index is -1.35. The molecule has 0 amide bonds. The molecule has 2 fully saturated rings. The van der Waals surface area contributed by atoms with Crippen LogP contribution in [0.15, 0.2) is 52.2 Å². The molecule has 0 aromatic heterocycles. The normalized spacial score (nSPS) is 32.0. The SMILES string of the molecule is CC(=O)OCC(=O)[C@]1(OC(C)=O)CCC2C3CCC4=C/C(=N\O)CCC4=C3C(c3ccc(N(C)C)cc3)C[C@@]21C. The predicted octanol–water partition coefficient (Wildman–Crippen LogP) is 5.35. The standard InChI is InChI=1S/C32H40N2O6/c1-19(35)39-18-29(37)32(40-20(2)36)15-14-28-26-12-8-22-16-23(33-38)9-13-25(22)30(26)27(17-31(28,32)3)21-6-10-24(11-7-21)34(4)5/h6-7,10-11,16,26-28,38H,8-9,12-15,17-18H2,1-5H3/b33-23-/t26?,27?,28?,31-,32+/m0/s1. The van der Waals surface area contributed by atoms with Crippen molar-refractivity contribution in [1.29, 1.82) is 0 Å². The van der Waals surface area contributed by atoms with Crippen molar-refractivity contribution in [3.05, 3.63) is 52.6 Å². The van der Waals surface area contributed by atoms with E-state index in [0.29, 0.717) is 19.3 Å². The smallest absolute Gasteiger partial charge is 0.303 e. The van der Waals surface area contributed by atoms with Gasteiger partial charge in [0.1, 0.15) is 0 Å². The van der Waals surface area contributed by atoms with Gasteiger partial charge in [0.25, 0.3) is 0 Å². The van der Waals surface area contributed by atoms with Gasteiger partial charge < -0.3 is 19.6 Å². The second-order valence-corrected chi connectivity index (χ2v) is 12.3. The Morgan fingerprint density at radius 3 is 2.40 bits per heavy atom. The van der Waals surface area contributed by atoms with E-state index >= 15 is 0 Å². The Labute approximate surface area is 236 Å². The first-order valence-electron chi connectivity index (χ1n) is 14.3.